The van der Waals surface area contributed by atoms with Crippen molar-refractivity contribution >= 4 is 17.6 Å². The van der Waals surface area contributed by atoms with Crippen molar-refractivity contribution in [2.24, 2.45) is 23.2 Å². The van der Waals surface area contributed by atoms with Crippen molar-refractivity contribution in [2.75, 3.05) is 32.4 Å². The maximum atomic E-state index is 14.2. The molecule has 0 radical (unpaired) electrons. The largest absolute Gasteiger partial charge is 0.462 e. The van der Waals surface area contributed by atoms with Crippen LogP contribution in [0.25, 0.3) is 0 Å². The second kappa shape index (κ2) is 5.84. The van der Waals surface area contributed by atoms with Crippen molar-refractivity contribution < 1.29 is 23.9 Å². The number of fused-ring (bicyclic) bond motifs is 5. The number of nitrogens with zero attached hydrogens (tertiary/aromatic N) is 2. The lowest BCUT2D eigenvalue weighted by Crippen LogP contribution is -2.66. The molecule has 0 aromatic heterocycles. The van der Waals surface area contributed by atoms with Gasteiger partial charge in [0.25, 0.3) is 5.91 Å². The number of carbonyl (C=O) groups is 2. The molecule has 8 atom stereocenters. The molecule has 0 N–H and O–H groups in total. The fourth-order valence-corrected chi connectivity index (χ4v) is 8.34. The highest BCUT2D eigenvalue weighted by Gasteiger charge is 2.82. The number of esters is 1. The number of rotatable bonds is 3. The number of benzene rings is 1. The highest BCUT2D eigenvalue weighted by molar-refractivity contribution is 6.08. The molecule has 5 bridgehead atoms. The average Bonchev–Trinajstić information content (AvgIpc) is 3.19. The van der Waals surface area contributed by atoms with Gasteiger partial charge in [-0.25, -0.2) is 0 Å². The number of anilines is 1. The molecular formula is C23H28N2O5. The van der Waals surface area contributed by atoms with Crippen molar-refractivity contribution in [3.05, 3.63) is 29.8 Å². The van der Waals surface area contributed by atoms with Gasteiger partial charge in [0, 0.05) is 36.8 Å². The summed E-state index contributed by atoms with van der Waals surface area (Å²) in [5.41, 5.74) is 0.702. The molecule has 30 heavy (non-hydrogen) atoms. The Hall–Kier alpha value is -1.96. The van der Waals surface area contributed by atoms with Gasteiger partial charge in [0.2, 0.25) is 0 Å². The van der Waals surface area contributed by atoms with Crippen LogP contribution in [0.5, 0.6) is 0 Å². The third-order valence-electron chi connectivity index (χ3n) is 8.94. The summed E-state index contributed by atoms with van der Waals surface area (Å²) in [6.07, 6.45) is 0.357. The molecular weight excluding hydrogens is 384 g/mol. The van der Waals surface area contributed by atoms with Crippen molar-refractivity contribution in [3.8, 4) is 0 Å². The van der Waals surface area contributed by atoms with Crippen molar-refractivity contribution in [3.63, 3.8) is 0 Å². The third kappa shape index (κ3) is 1.81. The van der Waals surface area contributed by atoms with Crippen LogP contribution in [0.3, 0.4) is 0 Å². The first-order valence-corrected chi connectivity index (χ1v) is 10.9. The molecule has 5 aliphatic rings. The first-order chi connectivity index (χ1) is 14.4. The molecule has 4 fully saturated rings. The number of para-hydroxylation sites is 1. The van der Waals surface area contributed by atoms with Crippen LogP contribution in [0, 0.1) is 23.2 Å². The number of hydrogen-bond donors (Lipinski definition) is 0. The molecule has 1 aromatic rings. The summed E-state index contributed by atoms with van der Waals surface area (Å²) >= 11 is 0. The second-order valence-electron chi connectivity index (χ2n) is 9.74. The van der Waals surface area contributed by atoms with Crippen LogP contribution < -0.4 is 5.06 Å². The fourth-order valence-electron chi connectivity index (χ4n) is 8.34. The summed E-state index contributed by atoms with van der Waals surface area (Å²) in [7, 11) is 3.69. The molecule has 6 rings (SSSR count). The molecule has 2 saturated heterocycles. The first kappa shape index (κ1) is 18.8. The summed E-state index contributed by atoms with van der Waals surface area (Å²) < 4.78 is 12.3. The Balaban J connectivity index is 1.62. The van der Waals surface area contributed by atoms with Gasteiger partial charge in [0.05, 0.1) is 25.5 Å². The first-order valence-electron chi connectivity index (χ1n) is 10.9. The van der Waals surface area contributed by atoms with Gasteiger partial charge in [-0.1, -0.05) is 18.2 Å². The van der Waals surface area contributed by atoms with E-state index in [2.05, 4.69) is 18.0 Å². The minimum atomic E-state index is -0.821. The van der Waals surface area contributed by atoms with Crippen LogP contribution in [0.2, 0.25) is 0 Å². The molecule has 2 aliphatic carbocycles. The van der Waals surface area contributed by atoms with Gasteiger partial charge in [0.1, 0.15) is 11.5 Å². The predicted molar refractivity (Wildman–Crippen MR) is 108 cm³/mol. The quantitative estimate of drug-likeness (QED) is 0.705. The van der Waals surface area contributed by atoms with Gasteiger partial charge in [0.15, 0.2) is 0 Å². The van der Waals surface area contributed by atoms with E-state index in [-0.39, 0.29) is 41.5 Å². The Morgan fingerprint density at radius 3 is 2.83 bits per heavy atom. The maximum absolute atomic E-state index is 14.2. The maximum Gasteiger partial charge on any atom is 0.302 e. The second-order valence-corrected chi connectivity index (χ2v) is 9.74. The lowest BCUT2D eigenvalue weighted by molar-refractivity contribution is -0.193. The van der Waals surface area contributed by atoms with E-state index >= 15 is 0 Å². The SMILES string of the molecule is CON1C(=O)[C@]2(c3ccccc31)[C@H]1[C@H]3[C@H]4CO[C@@H]2C[C@H]4[C@]1(C(C)OC(C)=O)CN3C. The number of piperidine rings is 1. The van der Waals surface area contributed by atoms with E-state index in [9.17, 15) is 9.59 Å². The van der Waals surface area contributed by atoms with E-state index in [4.69, 9.17) is 14.3 Å². The van der Waals surface area contributed by atoms with Gasteiger partial charge in [-0.2, -0.15) is 5.06 Å². The summed E-state index contributed by atoms with van der Waals surface area (Å²) in [6, 6.07) is 8.16. The van der Waals surface area contributed by atoms with Gasteiger partial charge in [-0.3, -0.25) is 14.4 Å². The Kier molecular flexibility index (Phi) is 3.65. The third-order valence-corrected chi connectivity index (χ3v) is 8.94. The molecule has 1 unspecified atom stereocenters. The van der Waals surface area contributed by atoms with Crippen molar-refractivity contribution in [1.29, 1.82) is 0 Å². The molecule has 7 heteroatoms. The molecule has 1 aromatic carbocycles. The van der Waals surface area contributed by atoms with E-state index in [0.29, 0.717) is 18.4 Å². The molecule has 3 aliphatic heterocycles. The lowest BCUT2D eigenvalue weighted by atomic mass is 9.50. The summed E-state index contributed by atoms with van der Waals surface area (Å²) in [4.78, 5) is 34.1. The molecule has 7 nitrogen and oxygen atoms in total. The van der Waals surface area contributed by atoms with Crippen LogP contribution in [0.1, 0.15) is 25.8 Å². The van der Waals surface area contributed by atoms with Crippen LogP contribution in [-0.4, -0.2) is 62.3 Å². The van der Waals surface area contributed by atoms with E-state index in [1.54, 1.807) is 7.11 Å². The van der Waals surface area contributed by atoms with E-state index in [1.165, 1.54) is 12.0 Å². The lowest BCUT2D eigenvalue weighted by Gasteiger charge is -2.57. The highest BCUT2D eigenvalue weighted by Crippen LogP contribution is 2.74. The average molecular weight is 412 g/mol. The monoisotopic (exact) mass is 412 g/mol. The van der Waals surface area contributed by atoms with Crippen LogP contribution in [0.15, 0.2) is 24.3 Å². The van der Waals surface area contributed by atoms with Crippen molar-refractivity contribution in [2.45, 2.75) is 43.9 Å². The van der Waals surface area contributed by atoms with Gasteiger partial charge < -0.3 is 14.4 Å². The Bertz CT molecular complexity index is 951. The molecule has 160 valence electrons. The van der Waals surface area contributed by atoms with Crippen LogP contribution in [0.4, 0.5) is 5.69 Å². The fraction of sp³-hybridized carbons (Fsp3) is 0.652. The summed E-state index contributed by atoms with van der Waals surface area (Å²) in [6.45, 7) is 4.98. The van der Waals surface area contributed by atoms with Gasteiger partial charge in [-0.15, -0.1) is 0 Å². The topological polar surface area (TPSA) is 68.3 Å². The van der Waals surface area contributed by atoms with E-state index in [0.717, 1.165) is 24.2 Å². The van der Waals surface area contributed by atoms with Gasteiger partial charge >= 0.3 is 5.97 Å². The Labute approximate surface area is 176 Å². The molecule has 1 spiro atoms. The zero-order valence-corrected chi connectivity index (χ0v) is 17.8. The molecule has 2 saturated carbocycles. The number of amides is 1. The predicted octanol–water partition coefficient (Wildman–Crippen LogP) is 1.75. The Morgan fingerprint density at radius 2 is 2.10 bits per heavy atom. The van der Waals surface area contributed by atoms with E-state index in [1.807, 2.05) is 25.1 Å². The minimum Gasteiger partial charge on any atom is -0.462 e. The number of hydroxylamine groups is 1. The number of carbonyl (C=O) groups excluding carboxylic acids is 2. The van der Waals surface area contributed by atoms with Gasteiger partial charge in [-0.05, 0) is 37.9 Å². The standard InChI is InChI=1S/C23H28N2O5/c1-12(30-13(2)26)22-11-24(3)19-14-10-29-18(9-16(14)22)23(20(19)22)15-7-5-6-8-17(15)25(28-4)21(23)27/h5-8,12,14,16,18-20H,9-11H2,1-4H3/t12?,14-,16+,18+,19+,20-,22+,23-/m0/s1. The number of ether oxygens (including phenoxy) is 2. The number of hydrogen-bond acceptors (Lipinski definition) is 6. The zero-order chi connectivity index (χ0) is 21.0. The Morgan fingerprint density at radius 1 is 1.33 bits per heavy atom. The highest BCUT2D eigenvalue weighted by atomic mass is 16.7. The normalized spacial score (nSPS) is 44.1. The minimum absolute atomic E-state index is 0.00870. The summed E-state index contributed by atoms with van der Waals surface area (Å²) in [5, 5.41) is 1.45. The smallest absolute Gasteiger partial charge is 0.302 e. The van der Waals surface area contributed by atoms with E-state index < -0.39 is 5.41 Å². The molecule has 3 heterocycles. The number of likely N-dealkylation sites (tertiary alicyclic amines) is 1. The van der Waals surface area contributed by atoms with Crippen LogP contribution in [-0.2, 0) is 29.3 Å². The molecule has 1 amide bonds. The van der Waals surface area contributed by atoms with Crippen molar-refractivity contribution in [1.82, 2.24) is 4.90 Å². The summed E-state index contributed by atoms with van der Waals surface area (Å²) in [5.74, 6) is 0.439. The zero-order valence-electron chi connectivity index (χ0n) is 17.8. The van der Waals surface area contributed by atoms with Crippen LogP contribution >= 0.6 is 0 Å².